The molecule has 1 aliphatic rings. The summed E-state index contributed by atoms with van der Waals surface area (Å²) in [7, 11) is 0. The smallest absolute Gasteiger partial charge is 0.407 e. The van der Waals surface area contributed by atoms with E-state index in [-0.39, 0.29) is 12.5 Å². The van der Waals surface area contributed by atoms with Gasteiger partial charge in [0.15, 0.2) is 0 Å². The highest BCUT2D eigenvalue weighted by Gasteiger charge is 2.47. The standard InChI is InChI=1S/C39H35NO4S/c1-38(2,45-39(27-16-6-3-7-17-27,28-18-8-4-9-19-28)29-20-10-5-11-21-29)35(36(41)42)40-37(43)44-26-34-32-24-14-12-22-30(32)31-23-13-15-25-33(31)34/h3-25,34-35H,26H2,1-2H3,(H,40,43)(H,41,42)/t35-/m0/s1. The summed E-state index contributed by atoms with van der Waals surface area (Å²) in [6.45, 7) is 3.83. The third-order valence-electron chi connectivity index (χ3n) is 8.51. The first kappa shape index (κ1) is 30.2. The highest BCUT2D eigenvalue weighted by Crippen LogP contribution is 2.54. The van der Waals surface area contributed by atoms with E-state index in [4.69, 9.17) is 4.74 Å². The molecule has 0 fully saturated rings. The average molecular weight is 614 g/mol. The van der Waals surface area contributed by atoms with Gasteiger partial charge < -0.3 is 15.2 Å². The summed E-state index contributed by atoms with van der Waals surface area (Å²) < 4.78 is 4.00. The Kier molecular flexibility index (Phi) is 8.50. The third-order valence-corrected chi connectivity index (χ3v) is 10.3. The molecule has 0 spiro atoms. The molecule has 5 aromatic carbocycles. The Bertz CT molecular complexity index is 1650. The lowest BCUT2D eigenvalue weighted by atomic mass is 9.84. The fourth-order valence-electron chi connectivity index (χ4n) is 6.44. The number of thioether (sulfide) groups is 1. The number of ether oxygens (including phenoxy) is 1. The van der Waals surface area contributed by atoms with Gasteiger partial charge in [0.2, 0.25) is 0 Å². The summed E-state index contributed by atoms with van der Waals surface area (Å²) in [5.41, 5.74) is 7.46. The van der Waals surface area contributed by atoms with E-state index < -0.39 is 27.6 Å². The number of rotatable bonds is 10. The van der Waals surface area contributed by atoms with Crippen LogP contribution < -0.4 is 5.32 Å². The summed E-state index contributed by atoms with van der Waals surface area (Å²) in [5.74, 6) is -1.26. The molecule has 1 atom stereocenters. The number of benzene rings is 5. The topological polar surface area (TPSA) is 75.6 Å². The van der Waals surface area contributed by atoms with Crippen molar-refractivity contribution >= 4 is 23.8 Å². The van der Waals surface area contributed by atoms with Gasteiger partial charge in [-0.3, -0.25) is 0 Å². The van der Waals surface area contributed by atoms with Crippen LogP contribution in [0.3, 0.4) is 0 Å². The molecule has 0 radical (unpaired) electrons. The average Bonchev–Trinajstić information content (AvgIpc) is 3.39. The van der Waals surface area contributed by atoms with E-state index in [2.05, 4.69) is 66.0 Å². The molecule has 0 saturated carbocycles. The van der Waals surface area contributed by atoms with Crippen LogP contribution in [0.4, 0.5) is 4.79 Å². The maximum absolute atomic E-state index is 13.4. The van der Waals surface area contributed by atoms with Crippen molar-refractivity contribution in [2.45, 2.75) is 35.3 Å². The number of carboxylic acids is 1. The molecular weight excluding hydrogens is 578 g/mol. The lowest BCUT2D eigenvalue weighted by molar-refractivity contribution is -0.140. The lowest BCUT2D eigenvalue weighted by Gasteiger charge is -2.43. The zero-order valence-corrected chi connectivity index (χ0v) is 26.0. The Morgan fingerprint density at radius 2 is 1.09 bits per heavy atom. The van der Waals surface area contributed by atoms with Gasteiger partial charge in [-0.1, -0.05) is 140 Å². The summed E-state index contributed by atoms with van der Waals surface area (Å²) in [5, 5.41) is 13.2. The van der Waals surface area contributed by atoms with Crippen molar-refractivity contribution in [1.29, 1.82) is 0 Å². The number of nitrogens with one attached hydrogen (secondary N) is 1. The van der Waals surface area contributed by atoms with Crippen molar-refractivity contribution in [3.8, 4) is 11.1 Å². The highest BCUT2D eigenvalue weighted by atomic mass is 32.2. The second kappa shape index (κ2) is 12.7. The van der Waals surface area contributed by atoms with Gasteiger partial charge in [-0.05, 0) is 52.8 Å². The second-order valence-corrected chi connectivity index (χ2v) is 13.6. The Labute approximate surface area is 268 Å². The first-order chi connectivity index (χ1) is 21.8. The number of aliphatic carboxylic acids is 1. The monoisotopic (exact) mass is 613 g/mol. The molecular formula is C39H35NO4S. The van der Waals surface area contributed by atoms with Gasteiger partial charge in [0.25, 0.3) is 0 Å². The number of alkyl carbamates (subject to hydrolysis) is 1. The Hall–Kier alpha value is -4.81. The maximum atomic E-state index is 13.4. The van der Waals surface area contributed by atoms with Gasteiger partial charge in [-0.15, -0.1) is 11.8 Å². The fraction of sp³-hybridized carbons (Fsp3) is 0.179. The largest absolute Gasteiger partial charge is 0.480 e. The Morgan fingerprint density at radius 3 is 1.51 bits per heavy atom. The predicted octanol–water partition coefficient (Wildman–Crippen LogP) is 8.48. The zero-order valence-electron chi connectivity index (χ0n) is 25.2. The number of fused-ring (bicyclic) bond motifs is 3. The van der Waals surface area contributed by atoms with Crippen LogP contribution >= 0.6 is 11.8 Å². The SMILES string of the molecule is CC(C)(SC(c1ccccc1)(c1ccccc1)c1ccccc1)[C@@H](NC(=O)OCC1c2ccccc2-c2ccccc21)C(=O)O. The van der Waals surface area contributed by atoms with Gasteiger partial charge in [0.1, 0.15) is 12.6 Å². The van der Waals surface area contributed by atoms with Gasteiger partial charge in [-0.2, -0.15) is 0 Å². The van der Waals surface area contributed by atoms with Crippen LogP contribution in [0.1, 0.15) is 47.6 Å². The third kappa shape index (κ3) is 5.86. The number of carbonyl (C=O) groups is 2. The zero-order chi connectivity index (χ0) is 31.4. The quantitative estimate of drug-likeness (QED) is 0.155. The van der Waals surface area contributed by atoms with Crippen molar-refractivity contribution in [1.82, 2.24) is 5.32 Å². The maximum Gasteiger partial charge on any atom is 0.407 e. The van der Waals surface area contributed by atoms with Crippen LogP contribution in [0.15, 0.2) is 140 Å². The number of amides is 1. The first-order valence-electron chi connectivity index (χ1n) is 15.0. The van der Waals surface area contributed by atoms with E-state index in [0.717, 1.165) is 38.9 Å². The van der Waals surface area contributed by atoms with Gasteiger partial charge >= 0.3 is 12.1 Å². The summed E-state index contributed by atoms with van der Waals surface area (Å²) in [6, 6.07) is 45.3. The molecule has 0 saturated heterocycles. The van der Waals surface area contributed by atoms with Crippen LogP contribution in [0.2, 0.25) is 0 Å². The molecule has 1 amide bonds. The summed E-state index contributed by atoms with van der Waals surface area (Å²) >= 11 is 1.51. The van der Waals surface area contributed by atoms with Gasteiger partial charge in [0, 0.05) is 10.7 Å². The normalized spacial score (nSPS) is 13.4. The molecule has 45 heavy (non-hydrogen) atoms. The van der Waals surface area contributed by atoms with Crippen molar-refractivity contribution in [2.24, 2.45) is 0 Å². The van der Waals surface area contributed by atoms with Crippen molar-refractivity contribution in [3.63, 3.8) is 0 Å². The van der Waals surface area contributed by atoms with E-state index in [1.807, 2.05) is 92.7 Å². The summed E-state index contributed by atoms with van der Waals surface area (Å²) in [4.78, 5) is 26.2. The molecule has 6 heteroatoms. The van der Waals surface area contributed by atoms with E-state index >= 15 is 0 Å². The van der Waals surface area contributed by atoms with E-state index in [9.17, 15) is 14.7 Å². The molecule has 2 N–H and O–H groups in total. The lowest BCUT2D eigenvalue weighted by Crippen LogP contribution is -2.54. The van der Waals surface area contributed by atoms with E-state index in [0.29, 0.717) is 0 Å². The molecule has 5 nitrogen and oxygen atoms in total. The second-order valence-electron chi connectivity index (χ2n) is 11.7. The molecule has 0 aromatic heterocycles. The molecule has 0 unspecified atom stereocenters. The molecule has 0 aliphatic heterocycles. The van der Waals surface area contributed by atoms with Crippen molar-refractivity contribution in [2.75, 3.05) is 6.61 Å². The molecule has 0 bridgehead atoms. The van der Waals surface area contributed by atoms with Crippen molar-refractivity contribution < 1.29 is 19.4 Å². The molecule has 5 aromatic rings. The van der Waals surface area contributed by atoms with Crippen molar-refractivity contribution in [3.05, 3.63) is 167 Å². The minimum atomic E-state index is -1.26. The molecule has 6 rings (SSSR count). The number of hydrogen-bond donors (Lipinski definition) is 2. The van der Waals surface area contributed by atoms with Crippen LogP contribution in [0.5, 0.6) is 0 Å². The minimum Gasteiger partial charge on any atom is -0.480 e. The molecule has 226 valence electrons. The van der Waals surface area contributed by atoms with Crippen LogP contribution in [0.25, 0.3) is 11.1 Å². The van der Waals surface area contributed by atoms with Crippen LogP contribution in [-0.4, -0.2) is 34.6 Å². The fourth-order valence-corrected chi connectivity index (χ4v) is 8.27. The van der Waals surface area contributed by atoms with Gasteiger partial charge in [-0.25, -0.2) is 9.59 Å². The van der Waals surface area contributed by atoms with Crippen LogP contribution in [-0.2, 0) is 14.3 Å². The highest BCUT2D eigenvalue weighted by molar-refractivity contribution is 8.02. The van der Waals surface area contributed by atoms with Gasteiger partial charge in [0.05, 0.1) is 4.75 Å². The number of carboxylic acid groups (broad SMARTS) is 1. The van der Waals surface area contributed by atoms with E-state index in [1.165, 1.54) is 11.8 Å². The van der Waals surface area contributed by atoms with Crippen LogP contribution in [0, 0.1) is 0 Å². The van der Waals surface area contributed by atoms with E-state index in [1.54, 1.807) is 0 Å². The first-order valence-corrected chi connectivity index (χ1v) is 15.8. The predicted molar refractivity (Wildman–Crippen MR) is 181 cm³/mol. The summed E-state index contributed by atoms with van der Waals surface area (Å²) in [6.07, 6.45) is -0.761. The Balaban J connectivity index is 1.30. The molecule has 0 heterocycles. The number of hydrogen-bond acceptors (Lipinski definition) is 4. The number of carbonyl (C=O) groups excluding carboxylic acids is 1. The Morgan fingerprint density at radius 1 is 0.689 bits per heavy atom. The minimum absolute atomic E-state index is 0.0990. The molecule has 1 aliphatic carbocycles.